The molecule has 3 nitrogen and oxygen atoms in total. The van der Waals surface area contributed by atoms with Crippen LogP contribution < -0.4 is 10.1 Å². The molecular weight excluding hydrogens is 274 g/mol. The fourth-order valence-electron chi connectivity index (χ4n) is 2.15. The third-order valence-corrected chi connectivity index (χ3v) is 3.81. The summed E-state index contributed by atoms with van der Waals surface area (Å²) >= 11 is 0. The molecule has 0 aromatic heterocycles. The Morgan fingerprint density at radius 2 is 1.64 bits per heavy atom. The second-order valence-corrected chi connectivity index (χ2v) is 5.81. The molecule has 2 aromatic rings. The third-order valence-electron chi connectivity index (χ3n) is 3.81. The molecule has 0 fully saturated rings. The van der Waals surface area contributed by atoms with Crippen molar-refractivity contribution in [1.29, 1.82) is 0 Å². The molecule has 0 unspecified atom stereocenters. The first-order valence-corrected chi connectivity index (χ1v) is 7.49. The summed E-state index contributed by atoms with van der Waals surface area (Å²) in [5.74, 6) is 0.568. The molecule has 2 rings (SSSR count). The van der Waals surface area contributed by atoms with Gasteiger partial charge in [-0.15, -0.1) is 0 Å². The minimum absolute atomic E-state index is 0.146. The summed E-state index contributed by atoms with van der Waals surface area (Å²) in [6, 6.07) is 11.8. The van der Waals surface area contributed by atoms with Crippen LogP contribution in [0.1, 0.15) is 29.2 Å². The number of amides is 1. The van der Waals surface area contributed by atoms with E-state index in [0.717, 1.165) is 22.4 Å². The fraction of sp³-hybridized carbons (Fsp3) is 0.316. The van der Waals surface area contributed by atoms with Crippen LogP contribution in [0, 0.1) is 27.7 Å². The van der Waals surface area contributed by atoms with Crippen molar-refractivity contribution in [2.45, 2.75) is 40.7 Å². The number of carbonyl (C=O) groups excluding carboxylic acids is 1. The molecule has 1 atom stereocenters. The van der Waals surface area contributed by atoms with E-state index in [4.69, 9.17) is 4.74 Å². The molecule has 116 valence electrons. The van der Waals surface area contributed by atoms with Crippen molar-refractivity contribution in [3.8, 4) is 5.75 Å². The average molecular weight is 297 g/mol. The largest absolute Gasteiger partial charge is 0.481 e. The zero-order valence-corrected chi connectivity index (χ0v) is 13.9. The van der Waals surface area contributed by atoms with Gasteiger partial charge in [-0.05, 0) is 75.1 Å². The molecule has 2 aromatic carbocycles. The molecule has 22 heavy (non-hydrogen) atoms. The van der Waals surface area contributed by atoms with E-state index < -0.39 is 6.10 Å². The van der Waals surface area contributed by atoms with Crippen LogP contribution in [0.15, 0.2) is 36.4 Å². The number of carbonyl (C=O) groups is 1. The maximum absolute atomic E-state index is 12.3. The Kier molecular flexibility index (Phi) is 4.86. The summed E-state index contributed by atoms with van der Waals surface area (Å²) < 4.78 is 5.74. The molecule has 0 heterocycles. The monoisotopic (exact) mass is 297 g/mol. The van der Waals surface area contributed by atoms with Gasteiger partial charge in [-0.3, -0.25) is 4.79 Å². The maximum atomic E-state index is 12.3. The van der Waals surface area contributed by atoms with Gasteiger partial charge >= 0.3 is 0 Å². The van der Waals surface area contributed by atoms with E-state index in [9.17, 15) is 4.79 Å². The van der Waals surface area contributed by atoms with Gasteiger partial charge in [0, 0.05) is 5.69 Å². The van der Waals surface area contributed by atoms with E-state index in [1.807, 2.05) is 57.2 Å². The predicted molar refractivity (Wildman–Crippen MR) is 90.6 cm³/mol. The third kappa shape index (κ3) is 3.88. The molecule has 0 radical (unpaired) electrons. The molecule has 1 amide bonds. The van der Waals surface area contributed by atoms with Crippen LogP contribution in [-0.2, 0) is 4.79 Å². The molecule has 1 N–H and O–H groups in total. The summed E-state index contributed by atoms with van der Waals surface area (Å²) in [4.78, 5) is 12.3. The number of nitrogens with one attached hydrogen (secondary N) is 1. The van der Waals surface area contributed by atoms with Crippen LogP contribution >= 0.6 is 0 Å². The highest BCUT2D eigenvalue weighted by Crippen LogP contribution is 2.20. The van der Waals surface area contributed by atoms with E-state index in [1.54, 1.807) is 6.92 Å². The second kappa shape index (κ2) is 6.65. The molecule has 0 aliphatic carbocycles. The zero-order chi connectivity index (χ0) is 16.3. The minimum Gasteiger partial charge on any atom is -0.481 e. The normalized spacial score (nSPS) is 11.9. The van der Waals surface area contributed by atoms with Gasteiger partial charge in [0.05, 0.1) is 0 Å². The number of ether oxygens (including phenoxy) is 1. The number of benzene rings is 2. The van der Waals surface area contributed by atoms with Gasteiger partial charge in [0.25, 0.3) is 5.91 Å². The lowest BCUT2D eigenvalue weighted by Crippen LogP contribution is -2.30. The number of aryl methyl sites for hydroxylation is 4. The van der Waals surface area contributed by atoms with Crippen molar-refractivity contribution >= 4 is 11.6 Å². The number of hydrogen-bond acceptors (Lipinski definition) is 2. The standard InChI is InChI=1S/C19H23NO2/c1-12-6-7-14(3)18(10-12)20-19(21)16(5)22-17-9-8-13(2)15(4)11-17/h6-11,16H,1-5H3,(H,20,21)/t16-/m1/s1. The van der Waals surface area contributed by atoms with Crippen molar-refractivity contribution in [2.24, 2.45) is 0 Å². The first-order chi connectivity index (χ1) is 10.4. The molecule has 0 saturated carbocycles. The van der Waals surface area contributed by atoms with Gasteiger partial charge in [0.15, 0.2) is 6.10 Å². The smallest absolute Gasteiger partial charge is 0.265 e. The first-order valence-electron chi connectivity index (χ1n) is 7.49. The summed E-state index contributed by atoms with van der Waals surface area (Å²) in [5, 5.41) is 2.93. The van der Waals surface area contributed by atoms with Gasteiger partial charge in [-0.25, -0.2) is 0 Å². The molecule has 0 aliphatic heterocycles. The van der Waals surface area contributed by atoms with Crippen LogP contribution in [-0.4, -0.2) is 12.0 Å². The highest BCUT2D eigenvalue weighted by Gasteiger charge is 2.16. The maximum Gasteiger partial charge on any atom is 0.265 e. The molecule has 0 bridgehead atoms. The highest BCUT2D eigenvalue weighted by molar-refractivity contribution is 5.94. The van der Waals surface area contributed by atoms with E-state index in [2.05, 4.69) is 12.2 Å². The Balaban J connectivity index is 2.05. The Labute approximate surface area is 132 Å². The van der Waals surface area contributed by atoms with Crippen molar-refractivity contribution < 1.29 is 9.53 Å². The lowest BCUT2D eigenvalue weighted by Gasteiger charge is -2.16. The van der Waals surface area contributed by atoms with Gasteiger partial charge in [-0.2, -0.15) is 0 Å². The molecule has 3 heteroatoms. The lowest BCUT2D eigenvalue weighted by atomic mass is 10.1. The van der Waals surface area contributed by atoms with E-state index in [1.165, 1.54) is 5.56 Å². The van der Waals surface area contributed by atoms with Crippen molar-refractivity contribution in [3.63, 3.8) is 0 Å². The summed E-state index contributed by atoms with van der Waals surface area (Å²) in [6.45, 7) is 9.82. The number of rotatable bonds is 4. The summed E-state index contributed by atoms with van der Waals surface area (Å²) in [7, 11) is 0. The zero-order valence-electron chi connectivity index (χ0n) is 13.9. The van der Waals surface area contributed by atoms with Crippen LogP contribution in [0.4, 0.5) is 5.69 Å². The van der Waals surface area contributed by atoms with Gasteiger partial charge in [0.1, 0.15) is 5.75 Å². The van der Waals surface area contributed by atoms with Gasteiger partial charge < -0.3 is 10.1 Å². The van der Waals surface area contributed by atoms with E-state index in [-0.39, 0.29) is 5.91 Å². The van der Waals surface area contributed by atoms with Gasteiger partial charge in [-0.1, -0.05) is 18.2 Å². The van der Waals surface area contributed by atoms with Crippen molar-refractivity contribution in [3.05, 3.63) is 58.7 Å². The lowest BCUT2D eigenvalue weighted by molar-refractivity contribution is -0.122. The molecule has 0 spiro atoms. The van der Waals surface area contributed by atoms with Crippen LogP contribution in [0.25, 0.3) is 0 Å². The Bertz CT molecular complexity index is 692. The van der Waals surface area contributed by atoms with Gasteiger partial charge in [0.2, 0.25) is 0 Å². The predicted octanol–water partition coefficient (Wildman–Crippen LogP) is 4.33. The fourth-order valence-corrected chi connectivity index (χ4v) is 2.15. The van der Waals surface area contributed by atoms with E-state index in [0.29, 0.717) is 5.75 Å². The summed E-state index contributed by atoms with van der Waals surface area (Å²) in [6.07, 6.45) is -0.554. The molecule has 0 aliphatic rings. The number of anilines is 1. The van der Waals surface area contributed by atoms with Crippen molar-refractivity contribution in [1.82, 2.24) is 0 Å². The molecular formula is C19H23NO2. The van der Waals surface area contributed by atoms with Crippen LogP contribution in [0.5, 0.6) is 5.75 Å². The quantitative estimate of drug-likeness (QED) is 0.912. The topological polar surface area (TPSA) is 38.3 Å². The van der Waals surface area contributed by atoms with E-state index >= 15 is 0 Å². The SMILES string of the molecule is Cc1ccc(C)c(NC(=O)[C@@H](C)Oc2ccc(C)c(C)c2)c1. The second-order valence-electron chi connectivity index (χ2n) is 5.81. The van der Waals surface area contributed by atoms with Crippen molar-refractivity contribution in [2.75, 3.05) is 5.32 Å². The first kappa shape index (κ1) is 16.1. The highest BCUT2D eigenvalue weighted by atomic mass is 16.5. The van der Waals surface area contributed by atoms with Crippen LogP contribution in [0.3, 0.4) is 0 Å². The average Bonchev–Trinajstić information content (AvgIpc) is 2.46. The minimum atomic E-state index is -0.554. The summed E-state index contributed by atoms with van der Waals surface area (Å²) in [5.41, 5.74) is 5.35. The Morgan fingerprint density at radius 1 is 0.955 bits per heavy atom. The molecule has 0 saturated heterocycles. The Morgan fingerprint density at radius 3 is 2.32 bits per heavy atom. The van der Waals surface area contributed by atoms with Crippen LogP contribution in [0.2, 0.25) is 0 Å². The number of hydrogen-bond donors (Lipinski definition) is 1. The Hall–Kier alpha value is -2.29.